The SMILES string of the molecule is CC(C)c1cc(-c2ccccc2)cc(C(C)C)c1-c1ccc2c3ccc(Oc4cccc(-c5nc6ccccc6n5-c5c(C(C)C)cc(-c6ccccc6)cc5C(C)C)c4)cc3c3nc4ccc5ccoc5c4n3c2c1. The van der Waals surface area contributed by atoms with Crippen LogP contribution in [-0.2, 0) is 0 Å². The maximum Gasteiger partial charge on any atom is 0.160 e. The summed E-state index contributed by atoms with van der Waals surface area (Å²) in [6.45, 7) is 18.4. The number of rotatable bonds is 11. The summed E-state index contributed by atoms with van der Waals surface area (Å²) in [6, 6.07) is 67.6. The molecular formula is C70H60N4O2. The third kappa shape index (κ3) is 7.85. The Morgan fingerprint density at radius 1 is 0.421 bits per heavy atom. The summed E-state index contributed by atoms with van der Waals surface area (Å²) >= 11 is 0. The number of ether oxygens (including phenoxy) is 1. The lowest BCUT2D eigenvalue weighted by Gasteiger charge is -2.24. The molecule has 4 heterocycles. The number of fused-ring (bicyclic) bond motifs is 11. The molecule has 0 bridgehead atoms. The number of hydrogen-bond acceptors (Lipinski definition) is 4. The fourth-order valence-electron chi connectivity index (χ4n) is 11.7. The van der Waals surface area contributed by atoms with Crippen molar-refractivity contribution in [2.75, 3.05) is 0 Å². The van der Waals surface area contributed by atoms with Crippen molar-refractivity contribution in [3.8, 4) is 62.0 Å². The first-order valence-electron chi connectivity index (χ1n) is 26.9. The fraction of sp³-hybridized carbons (Fsp3) is 0.171. The molecule has 9 aromatic carbocycles. The molecule has 0 radical (unpaired) electrons. The van der Waals surface area contributed by atoms with Gasteiger partial charge < -0.3 is 9.15 Å². The van der Waals surface area contributed by atoms with Gasteiger partial charge in [-0.3, -0.25) is 8.97 Å². The van der Waals surface area contributed by atoms with Gasteiger partial charge in [0.25, 0.3) is 0 Å². The number of pyridine rings is 1. The second-order valence-corrected chi connectivity index (χ2v) is 21.8. The van der Waals surface area contributed by atoms with Crippen molar-refractivity contribution in [2.45, 2.75) is 79.1 Å². The largest absolute Gasteiger partial charge is 0.462 e. The van der Waals surface area contributed by atoms with Crippen molar-refractivity contribution in [1.29, 1.82) is 0 Å². The van der Waals surface area contributed by atoms with Crippen LogP contribution in [0.25, 0.3) is 111 Å². The zero-order valence-corrected chi connectivity index (χ0v) is 44.4. The van der Waals surface area contributed by atoms with E-state index in [1.807, 2.05) is 12.1 Å². The zero-order chi connectivity index (χ0) is 51.9. The summed E-state index contributed by atoms with van der Waals surface area (Å²) in [5, 5.41) is 4.25. The summed E-state index contributed by atoms with van der Waals surface area (Å²) in [4.78, 5) is 10.8. The first-order chi connectivity index (χ1) is 37.0. The summed E-state index contributed by atoms with van der Waals surface area (Å²) in [7, 11) is 0. The van der Waals surface area contributed by atoms with Gasteiger partial charge in [-0.25, -0.2) is 9.97 Å². The fourth-order valence-corrected chi connectivity index (χ4v) is 11.7. The Morgan fingerprint density at radius 3 is 1.70 bits per heavy atom. The first kappa shape index (κ1) is 47.0. The van der Waals surface area contributed by atoms with Gasteiger partial charge >= 0.3 is 0 Å². The normalized spacial score (nSPS) is 12.2. The summed E-state index contributed by atoms with van der Waals surface area (Å²) < 4.78 is 18.0. The van der Waals surface area contributed by atoms with Gasteiger partial charge in [-0.15, -0.1) is 0 Å². The Kier molecular flexibility index (Phi) is 11.5. The molecule has 76 heavy (non-hydrogen) atoms. The molecule has 372 valence electrons. The van der Waals surface area contributed by atoms with Gasteiger partial charge in [0.15, 0.2) is 5.58 Å². The van der Waals surface area contributed by atoms with Crippen LogP contribution in [0.5, 0.6) is 11.5 Å². The molecule has 0 aliphatic heterocycles. The van der Waals surface area contributed by atoms with Crippen LogP contribution in [0.3, 0.4) is 0 Å². The number of para-hydroxylation sites is 2. The minimum Gasteiger partial charge on any atom is -0.462 e. The van der Waals surface area contributed by atoms with E-state index < -0.39 is 0 Å². The number of furan rings is 1. The van der Waals surface area contributed by atoms with Crippen molar-refractivity contribution in [1.82, 2.24) is 18.9 Å². The van der Waals surface area contributed by atoms with E-state index in [4.69, 9.17) is 19.1 Å². The Hall–Kier alpha value is -8.74. The molecule has 6 nitrogen and oxygen atoms in total. The third-order valence-corrected chi connectivity index (χ3v) is 15.5. The number of imidazole rings is 2. The van der Waals surface area contributed by atoms with E-state index in [0.717, 1.165) is 77.5 Å². The van der Waals surface area contributed by atoms with Crippen molar-refractivity contribution < 1.29 is 9.15 Å². The Labute approximate surface area is 443 Å². The number of nitrogens with zero attached hydrogens (tertiary/aromatic N) is 4. The molecule has 0 spiro atoms. The Morgan fingerprint density at radius 2 is 1.03 bits per heavy atom. The van der Waals surface area contributed by atoms with Crippen molar-refractivity contribution in [3.63, 3.8) is 0 Å². The predicted molar refractivity (Wildman–Crippen MR) is 317 cm³/mol. The van der Waals surface area contributed by atoms with Crippen LogP contribution in [0.2, 0.25) is 0 Å². The molecule has 0 aliphatic carbocycles. The topological polar surface area (TPSA) is 57.5 Å². The maximum absolute atomic E-state index is 6.95. The van der Waals surface area contributed by atoms with Crippen LogP contribution < -0.4 is 4.74 Å². The van der Waals surface area contributed by atoms with Gasteiger partial charge in [-0.05, 0) is 164 Å². The van der Waals surface area contributed by atoms with E-state index in [1.165, 1.54) is 61.3 Å². The van der Waals surface area contributed by atoms with Gasteiger partial charge in [-0.2, -0.15) is 0 Å². The minimum atomic E-state index is 0.254. The standard InChI is InChI=1S/C70H60N4O2/c1-41(2)56-35-50(45-18-11-9-12-19-45)36-57(42(3)4)65(56)48-26-29-55-54-30-28-53(40-60(54)70-72-62-31-27-47-32-33-75-68(47)67(62)74(70)64(55)39-48)76-52-23-17-22-49(34-52)69-71-61-24-15-16-25-63(61)73(69)66-58(43(5)6)37-51(38-59(66)44(7)8)46-20-13-10-14-21-46/h9-44H,1-8H3. The molecule has 0 saturated heterocycles. The van der Waals surface area contributed by atoms with Crippen LogP contribution in [-0.4, -0.2) is 18.9 Å². The van der Waals surface area contributed by atoms with Gasteiger partial charge in [0.2, 0.25) is 0 Å². The highest BCUT2D eigenvalue weighted by Crippen LogP contribution is 2.45. The third-order valence-electron chi connectivity index (χ3n) is 15.5. The van der Waals surface area contributed by atoms with Crippen LogP contribution >= 0.6 is 0 Å². The average Bonchev–Trinajstić information content (AvgIpc) is 4.19. The van der Waals surface area contributed by atoms with Crippen LogP contribution in [0, 0.1) is 0 Å². The highest BCUT2D eigenvalue weighted by molar-refractivity contribution is 6.17. The summed E-state index contributed by atoms with van der Waals surface area (Å²) in [6.07, 6.45) is 1.78. The molecule has 0 aliphatic rings. The summed E-state index contributed by atoms with van der Waals surface area (Å²) in [5.41, 5.74) is 21.4. The van der Waals surface area contributed by atoms with E-state index in [1.54, 1.807) is 6.26 Å². The molecule has 0 amide bonds. The smallest absolute Gasteiger partial charge is 0.160 e. The molecule has 13 rings (SSSR count). The molecule has 13 aromatic rings. The van der Waals surface area contributed by atoms with Crippen LogP contribution in [0.4, 0.5) is 0 Å². The first-order valence-corrected chi connectivity index (χ1v) is 26.9. The number of aromatic nitrogens is 4. The molecular weight excluding hydrogens is 929 g/mol. The lowest BCUT2D eigenvalue weighted by molar-refractivity contribution is 0.483. The van der Waals surface area contributed by atoms with E-state index in [2.05, 4.69) is 240 Å². The quantitative estimate of drug-likeness (QED) is 0.121. The molecule has 0 saturated carbocycles. The highest BCUT2D eigenvalue weighted by Gasteiger charge is 2.26. The van der Waals surface area contributed by atoms with E-state index in [0.29, 0.717) is 17.6 Å². The maximum atomic E-state index is 6.95. The zero-order valence-electron chi connectivity index (χ0n) is 44.4. The van der Waals surface area contributed by atoms with Crippen LogP contribution in [0.1, 0.15) is 101 Å². The lowest BCUT2D eigenvalue weighted by Crippen LogP contribution is -2.09. The number of hydrogen-bond donors (Lipinski definition) is 0. The average molecular weight is 989 g/mol. The molecule has 0 fully saturated rings. The van der Waals surface area contributed by atoms with Crippen LogP contribution in [0.15, 0.2) is 199 Å². The molecule has 0 atom stereocenters. The molecule has 6 heteroatoms. The molecule has 0 N–H and O–H groups in total. The van der Waals surface area contributed by atoms with Crippen molar-refractivity contribution in [3.05, 3.63) is 217 Å². The Balaban J connectivity index is 0.962. The lowest BCUT2D eigenvalue weighted by atomic mass is 9.82. The van der Waals surface area contributed by atoms with Gasteiger partial charge in [0.1, 0.15) is 28.5 Å². The van der Waals surface area contributed by atoms with Gasteiger partial charge in [-0.1, -0.05) is 165 Å². The van der Waals surface area contributed by atoms with Gasteiger partial charge in [0.05, 0.1) is 34.0 Å². The highest BCUT2D eigenvalue weighted by atomic mass is 16.5. The van der Waals surface area contributed by atoms with Crippen molar-refractivity contribution in [2.24, 2.45) is 0 Å². The van der Waals surface area contributed by atoms with E-state index >= 15 is 0 Å². The number of benzene rings is 9. The Bertz CT molecular complexity index is 4320. The second-order valence-electron chi connectivity index (χ2n) is 21.8. The predicted octanol–water partition coefficient (Wildman–Crippen LogP) is 19.8. The van der Waals surface area contributed by atoms with Gasteiger partial charge in [0, 0.05) is 21.7 Å². The second kappa shape index (κ2) is 18.6. The molecule has 4 aromatic heterocycles. The monoisotopic (exact) mass is 988 g/mol. The summed E-state index contributed by atoms with van der Waals surface area (Å²) in [5.74, 6) is 3.41. The van der Waals surface area contributed by atoms with E-state index in [-0.39, 0.29) is 11.8 Å². The minimum absolute atomic E-state index is 0.254. The molecule has 0 unspecified atom stereocenters. The van der Waals surface area contributed by atoms with E-state index in [9.17, 15) is 0 Å². The van der Waals surface area contributed by atoms with Crippen molar-refractivity contribution >= 4 is 60.4 Å².